The Kier molecular flexibility index (Phi) is 9.60. The second-order valence-electron chi connectivity index (χ2n) is 12.3. The lowest BCUT2D eigenvalue weighted by molar-refractivity contribution is -0.154. The molecule has 3 heterocycles. The highest BCUT2D eigenvalue weighted by atomic mass is 35.5. The van der Waals surface area contributed by atoms with Gasteiger partial charge < -0.3 is 24.5 Å². The zero-order valence-corrected chi connectivity index (χ0v) is 26.4. The predicted molar refractivity (Wildman–Crippen MR) is 165 cm³/mol. The molecule has 3 aliphatic heterocycles. The number of nitrogens with zero attached hydrogens (tertiary/aromatic N) is 3. The molecular weight excluding hydrogens is 554 g/mol. The van der Waals surface area contributed by atoms with Crippen molar-refractivity contribution in [2.24, 2.45) is 17.8 Å². The van der Waals surface area contributed by atoms with Crippen LogP contribution in [0.5, 0.6) is 0 Å². The number of anilines is 1. The Morgan fingerprint density at radius 2 is 1.88 bits per heavy atom. The molecule has 0 radical (unpaired) electrons. The molecule has 6 atom stereocenters. The molecule has 0 saturated carbocycles. The fourth-order valence-electron chi connectivity index (χ4n) is 7.74. The summed E-state index contributed by atoms with van der Waals surface area (Å²) in [5, 5.41) is 11.0. The van der Waals surface area contributed by atoms with Crippen LogP contribution in [0.1, 0.15) is 58.9 Å². The van der Waals surface area contributed by atoms with Crippen LogP contribution in [0.15, 0.2) is 43.5 Å². The number of aliphatic hydroxyl groups is 1. The smallest absolute Gasteiger partial charge is 0.253 e. The first-order valence-electron chi connectivity index (χ1n) is 15.2. The maximum absolute atomic E-state index is 14.9. The monoisotopic (exact) mass is 599 g/mol. The van der Waals surface area contributed by atoms with Crippen molar-refractivity contribution in [1.29, 1.82) is 0 Å². The van der Waals surface area contributed by atoms with E-state index in [4.69, 9.17) is 16.3 Å². The highest BCUT2D eigenvalue weighted by Crippen LogP contribution is 2.65. The Balaban J connectivity index is 1.92. The average molecular weight is 600 g/mol. The summed E-state index contributed by atoms with van der Waals surface area (Å²) < 4.78 is 6.97. The number of halogens is 1. The van der Waals surface area contributed by atoms with E-state index in [1.807, 2.05) is 46.8 Å². The van der Waals surface area contributed by atoms with Crippen LogP contribution in [0.2, 0.25) is 5.02 Å². The topological polar surface area (TPSA) is 90.4 Å². The molecule has 3 amide bonds. The van der Waals surface area contributed by atoms with E-state index < -0.39 is 35.1 Å². The Morgan fingerprint density at radius 1 is 1.19 bits per heavy atom. The van der Waals surface area contributed by atoms with Gasteiger partial charge in [-0.2, -0.15) is 0 Å². The van der Waals surface area contributed by atoms with E-state index in [9.17, 15) is 19.5 Å². The first-order valence-corrected chi connectivity index (χ1v) is 15.6. The minimum Gasteiger partial charge on any atom is -0.394 e. The van der Waals surface area contributed by atoms with E-state index in [2.05, 4.69) is 13.2 Å². The predicted octanol–water partition coefficient (Wildman–Crippen LogP) is 4.76. The van der Waals surface area contributed by atoms with E-state index >= 15 is 0 Å². The minimum atomic E-state index is -1.21. The van der Waals surface area contributed by atoms with Crippen LogP contribution in [0, 0.1) is 24.7 Å². The van der Waals surface area contributed by atoms with Crippen molar-refractivity contribution in [3.8, 4) is 0 Å². The fraction of sp³-hybridized carbons (Fsp3) is 0.606. The Labute approximate surface area is 255 Å². The van der Waals surface area contributed by atoms with Gasteiger partial charge in [0.05, 0.1) is 40.8 Å². The van der Waals surface area contributed by atoms with Crippen LogP contribution >= 0.6 is 11.6 Å². The molecule has 0 aliphatic carbocycles. The average Bonchev–Trinajstić information content (AvgIpc) is 3.56. The number of benzene rings is 1. The van der Waals surface area contributed by atoms with E-state index in [0.29, 0.717) is 43.1 Å². The van der Waals surface area contributed by atoms with E-state index in [1.54, 1.807) is 32.9 Å². The number of ether oxygens (including phenoxy) is 1. The first-order chi connectivity index (χ1) is 20.0. The molecule has 1 N–H and O–H groups in total. The quantitative estimate of drug-likeness (QED) is 0.330. The highest BCUT2D eigenvalue weighted by molar-refractivity contribution is 6.34. The van der Waals surface area contributed by atoms with E-state index in [-0.39, 0.29) is 36.8 Å². The van der Waals surface area contributed by atoms with E-state index in [0.717, 1.165) is 12.0 Å². The molecule has 4 rings (SSSR count). The third-order valence-corrected chi connectivity index (χ3v) is 9.93. The van der Waals surface area contributed by atoms with Crippen LogP contribution in [0.4, 0.5) is 5.69 Å². The summed E-state index contributed by atoms with van der Waals surface area (Å²) >= 11 is 6.67. The molecule has 9 heteroatoms. The number of carbonyl (C=O) groups is 3. The van der Waals surface area contributed by atoms with Crippen molar-refractivity contribution in [2.45, 2.75) is 83.6 Å². The van der Waals surface area contributed by atoms with Gasteiger partial charge in [-0.3, -0.25) is 14.4 Å². The highest BCUT2D eigenvalue weighted by Gasteiger charge is 2.79. The van der Waals surface area contributed by atoms with Crippen LogP contribution in [-0.2, 0) is 19.1 Å². The molecule has 1 aromatic carbocycles. The molecule has 1 spiro atoms. The number of aliphatic hydroxyl groups excluding tert-OH is 1. The second kappa shape index (κ2) is 12.5. The standard InChI is InChI=1S/C33H46ClN3O5/c1-8-17-35(18-9-2)29(39)25-26-30(40)37(24(20-38)21(5)6)28(33(26)16-15-32(25,11-4)42-33)31(41)36(19-10-3)27-22(7)13-12-14-23(27)34/h8,10,12-14,21,24-26,28,38H,1,3,9,11,15-20H2,2,4-7H3/t24-,25-,26-,28?,32+,33?/m0/s1. The molecule has 230 valence electrons. The summed E-state index contributed by atoms with van der Waals surface area (Å²) in [6.45, 7) is 18.2. The van der Waals surface area contributed by atoms with Gasteiger partial charge in [0, 0.05) is 19.6 Å². The van der Waals surface area contributed by atoms with Crippen LogP contribution in [0.25, 0.3) is 0 Å². The van der Waals surface area contributed by atoms with Gasteiger partial charge in [-0.25, -0.2) is 0 Å². The third-order valence-electron chi connectivity index (χ3n) is 9.62. The summed E-state index contributed by atoms with van der Waals surface area (Å²) in [5.74, 6) is -2.53. The zero-order valence-electron chi connectivity index (χ0n) is 25.6. The summed E-state index contributed by atoms with van der Waals surface area (Å²) in [6, 6.07) is 3.76. The molecule has 3 saturated heterocycles. The molecule has 2 unspecified atom stereocenters. The van der Waals surface area contributed by atoms with Gasteiger partial charge in [-0.1, -0.05) is 63.6 Å². The number of para-hydroxylation sites is 1. The van der Waals surface area contributed by atoms with Crippen LogP contribution in [0.3, 0.4) is 0 Å². The Bertz CT molecular complexity index is 1220. The largest absolute Gasteiger partial charge is 0.394 e. The van der Waals surface area contributed by atoms with Crippen molar-refractivity contribution in [3.63, 3.8) is 0 Å². The number of hydrogen-bond donors (Lipinski definition) is 1. The lowest BCUT2D eigenvalue weighted by Crippen LogP contribution is -2.60. The molecular formula is C33H46ClN3O5. The number of amides is 3. The maximum Gasteiger partial charge on any atom is 0.253 e. The van der Waals surface area contributed by atoms with Gasteiger partial charge in [0.15, 0.2) is 0 Å². The Hall–Kier alpha value is -2.68. The third kappa shape index (κ3) is 4.89. The van der Waals surface area contributed by atoms with Crippen molar-refractivity contribution < 1.29 is 24.2 Å². The number of rotatable bonds is 13. The molecule has 8 nitrogen and oxygen atoms in total. The van der Waals surface area contributed by atoms with Gasteiger partial charge >= 0.3 is 0 Å². The number of aryl methyl sites for hydroxylation is 1. The van der Waals surface area contributed by atoms with Gasteiger partial charge in [0.25, 0.3) is 5.91 Å². The van der Waals surface area contributed by atoms with Gasteiger partial charge in [-0.15, -0.1) is 13.2 Å². The van der Waals surface area contributed by atoms with Crippen LogP contribution in [-0.4, -0.2) is 82.2 Å². The second-order valence-corrected chi connectivity index (χ2v) is 12.7. The van der Waals surface area contributed by atoms with Crippen molar-refractivity contribution in [1.82, 2.24) is 9.80 Å². The first kappa shape index (κ1) is 32.2. The minimum absolute atomic E-state index is 0.137. The van der Waals surface area contributed by atoms with Crippen molar-refractivity contribution in [2.75, 3.05) is 31.1 Å². The fourth-order valence-corrected chi connectivity index (χ4v) is 8.06. The Morgan fingerprint density at radius 3 is 2.43 bits per heavy atom. The number of carbonyl (C=O) groups excluding carboxylic acids is 3. The summed E-state index contributed by atoms with van der Waals surface area (Å²) in [7, 11) is 0. The summed E-state index contributed by atoms with van der Waals surface area (Å²) in [5.41, 5.74) is -0.717. The maximum atomic E-state index is 14.9. The normalized spacial score (nSPS) is 28.6. The number of hydrogen-bond acceptors (Lipinski definition) is 5. The summed E-state index contributed by atoms with van der Waals surface area (Å²) in [6.07, 6.45) is 5.66. The number of likely N-dealkylation sites (tertiary alicyclic amines) is 1. The van der Waals surface area contributed by atoms with Gasteiger partial charge in [0.2, 0.25) is 11.8 Å². The van der Waals surface area contributed by atoms with Crippen LogP contribution < -0.4 is 4.90 Å². The lowest BCUT2D eigenvalue weighted by atomic mass is 9.64. The molecule has 42 heavy (non-hydrogen) atoms. The summed E-state index contributed by atoms with van der Waals surface area (Å²) in [4.78, 5) is 48.8. The van der Waals surface area contributed by atoms with Crippen molar-refractivity contribution >= 4 is 35.0 Å². The molecule has 2 bridgehead atoms. The SMILES string of the molecule is C=CCN(CCC)C(=O)[C@@H]1[C@H]2C(=O)N([C@@H](CO)C(C)C)C(C(=O)N(CC=C)c3c(C)cccc3Cl)C23CC[C@@]1(CC)O3. The number of fused-ring (bicyclic) bond motifs is 1. The van der Waals surface area contributed by atoms with E-state index in [1.165, 1.54) is 0 Å². The lowest BCUT2D eigenvalue weighted by Gasteiger charge is -2.41. The molecule has 0 aromatic heterocycles. The molecule has 3 aliphatic rings. The van der Waals surface area contributed by atoms with Gasteiger partial charge in [0.1, 0.15) is 11.6 Å². The van der Waals surface area contributed by atoms with Gasteiger partial charge in [-0.05, 0) is 50.2 Å². The van der Waals surface area contributed by atoms with Crippen molar-refractivity contribution in [3.05, 3.63) is 54.1 Å². The molecule has 1 aromatic rings. The molecule has 3 fully saturated rings. The zero-order chi connectivity index (χ0) is 31.0.